The van der Waals surface area contributed by atoms with Crippen LogP contribution in [0.5, 0.6) is 0 Å². The van der Waals surface area contributed by atoms with E-state index in [1.54, 1.807) is 36.0 Å². The van der Waals surface area contributed by atoms with Crippen LogP contribution in [0.2, 0.25) is 0 Å². The fourth-order valence-electron chi connectivity index (χ4n) is 2.34. The first kappa shape index (κ1) is 22.8. The van der Waals surface area contributed by atoms with E-state index in [4.69, 9.17) is 0 Å². The molecule has 1 aromatic carbocycles. The van der Waals surface area contributed by atoms with Gasteiger partial charge in [0, 0.05) is 17.0 Å². The first-order valence-electron chi connectivity index (χ1n) is 9.28. The number of Topliss-reactive ketones (excluding diaryl/α,β-unsaturated/α-hetero) is 1. The van der Waals surface area contributed by atoms with Gasteiger partial charge >= 0.3 is 6.03 Å². The Hall–Kier alpha value is -2.45. The quantitative estimate of drug-likeness (QED) is 0.215. The van der Waals surface area contributed by atoms with Crippen LogP contribution in [0.25, 0.3) is 0 Å². The van der Waals surface area contributed by atoms with Crippen molar-refractivity contribution in [3.8, 4) is 0 Å². The van der Waals surface area contributed by atoms with E-state index in [-0.39, 0.29) is 5.78 Å². The summed E-state index contributed by atoms with van der Waals surface area (Å²) in [6.45, 7) is 7.84. The minimum Gasteiger partial charge on any atom is -0.308 e. The molecule has 1 aromatic heterocycles. The van der Waals surface area contributed by atoms with Crippen molar-refractivity contribution in [3.63, 3.8) is 0 Å². The zero-order chi connectivity index (χ0) is 21.2. The number of aromatic nitrogens is 2. The molecule has 29 heavy (non-hydrogen) atoms. The van der Waals surface area contributed by atoms with Crippen molar-refractivity contribution in [3.05, 3.63) is 53.1 Å². The molecule has 0 aliphatic carbocycles. The Balaban J connectivity index is 1.81. The molecule has 0 atom stereocenters. The highest BCUT2D eigenvalue weighted by atomic mass is 32.2. The number of nitrogens with one attached hydrogen (secondary N) is 2. The number of ketones is 1. The summed E-state index contributed by atoms with van der Waals surface area (Å²) in [5.41, 5.74) is 3.78. The highest BCUT2D eigenvalue weighted by Gasteiger charge is 2.09. The van der Waals surface area contributed by atoms with E-state index in [9.17, 15) is 9.59 Å². The van der Waals surface area contributed by atoms with Gasteiger partial charge in [0.05, 0.1) is 0 Å². The second-order valence-electron chi connectivity index (χ2n) is 6.77. The van der Waals surface area contributed by atoms with E-state index in [2.05, 4.69) is 53.8 Å². The van der Waals surface area contributed by atoms with E-state index in [0.29, 0.717) is 16.4 Å². The number of thioether (sulfide) groups is 1. The van der Waals surface area contributed by atoms with Crippen LogP contribution in [0, 0.1) is 0 Å². The van der Waals surface area contributed by atoms with Crippen molar-refractivity contribution < 1.29 is 9.59 Å². The Morgan fingerprint density at radius 2 is 1.90 bits per heavy atom. The normalized spacial score (nSPS) is 11.1. The molecular formula is C21H26N4O2S2. The van der Waals surface area contributed by atoms with Crippen molar-refractivity contribution in [2.45, 2.75) is 44.9 Å². The predicted molar refractivity (Wildman–Crippen MR) is 122 cm³/mol. The topological polar surface area (TPSA) is 84.0 Å². The van der Waals surface area contributed by atoms with Crippen LogP contribution in [-0.4, -0.2) is 27.8 Å². The highest BCUT2D eigenvalue weighted by molar-refractivity contribution is 8.01. The van der Waals surface area contributed by atoms with Crippen LogP contribution in [-0.2, 0) is 0 Å². The summed E-state index contributed by atoms with van der Waals surface area (Å²) in [4.78, 5) is 23.6. The summed E-state index contributed by atoms with van der Waals surface area (Å²) in [5.74, 6) is 0.764. The lowest BCUT2D eigenvalue weighted by atomic mass is 10.1. The number of anilines is 2. The molecule has 0 saturated carbocycles. The Bertz CT molecular complexity index is 915. The van der Waals surface area contributed by atoms with Crippen molar-refractivity contribution in [2.24, 2.45) is 0 Å². The number of carbonyl (C=O) groups excluding carboxylic acids is 2. The number of nitrogens with zero attached hydrogens (tertiary/aromatic N) is 2. The maximum Gasteiger partial charge on any atom is 0.325 e. The van der Waals surface area contributed by atoms with E-state index < -0.39 is 6.03 Å². The fraction of sp³-hybridized carbons (Fsp3) is 0.333. The summed E-state index contributed by atoms with van der Waals surface area (Å²) < 4.78 is 0.798. The van der Waals surface area contributed by atoms with Gasteiger partial charge in [-0.15, -0.1) is 10.2 Å². The number of rotatable bonds is 9. The second-order valence-corrected chi connectivity index (χ2v) is 9.02. The average molecular weight is 431 g/mol. The third kappa shape index (κ3) is 8.62. The van der Waals surface area contributed by atoms with Crippen LogP contribution in [0.1, 0.15) is 50.9 Å². The van der Waals surface area contributed by atoms with Crippen LogP contribution >= 0.6 is 23.1 Å². The molecule has 2 N–H and O–H groups in total. The molecule has 1 heterocycles. The molecule has 0 aliphatic rings. The van der Waals surface area contributed by atoms with Crippen LogP contribution in [0.15, 0.2) is 51.9 Å². The van der Waals surface area contributed by atoms with Gasteiger partial charge in [-0.3, -0.25) is 10.1 Å². The summed E-state index contributed by atoms with van der Waals surface area (Å²) in [7, 11) is 0. The molecule has 6 nitrogen and oxygen atoms in total. The lowest BCUT2D eigenvalue weighted by Gasteiger charge is -2.06. The third-order valence-corrected chi connectivity index (χ3v) is 5.78. The van der Waals surface area contributed by atoms with Gasteiger partial charge in [-0.1, -0.05) is 58.5 Å². The molecule has 8 heteroatoms. The van der Waals surface area contributed by atoms with Gasteiger partial charge in [0.2, 0.25) is 5.13 Å². The molecule has 0 spiro atoms. The number of allylic oxidation sites excluding steroid dienone is 3. The maximum absolute atomic E-state index is 12.1. The molecule has 154 valence electrons. The number of benzene rings is 1. The van der Waals surface area contributed by atoms with Gasteiger partial charge in [0.15, 0.2) is 10.1 Å². The van der Waals surface area contributed by atoms with Crippen LogP contribution < -0.4 is 10.6 Å². The number of amides is 2. The molecule has 2 amide bonds. The predicted octanol–water partition coefficient (Wildman–Crippen LogP) is 6.17. The standard InChI is InChI=1S/C21H26N4O2S2/c1-14(2)7-5-8-15(3)11-12-28-21-25-24-20(29-21)23-19(27)22-18-10-6-9-17(13-18)16(4)26/h6-7,9-11,13H,5,8,12H2,1-4H3,(H2,22,23,24,27)/b15-11+. The summed E-state index contributed by atoms with van der Waals surface area (Å²) in [5, 5.41) is 13.9. The van der Waals surface area contributed by atoms with Crippen LogP contribution in [0.3, 0.4) is 0 Å². The van der Waals surface area contributed by atoms with Gasteiger partial charge in [0.25, 0.3) is 0 Å². The molecule has 2 aromatic rings. The van der Waals surface area contributed by atoms with Crippen molar-refractivity contribution in [1.82, 2.24) is 10.2 Å². The highest BCUT2D eigenvalue weighted by Crippen LogP contribution is 2.26. The maximum atomic E-state index is 12.1. The molecule has 0 fully saturated rings. The summed E-state index contributed by atoms with van der Waals surface area (Å²) in [6, 6.07) is 6.36. The smallest absolute Gasteiger partial charge is 0.308 e. The van der Waals surface area contributed by atoms with Crippen molar-refractivity contribution in [2.75, 3.05) is 16.4 Å². The largest absolute Gasteiger partial charge is 0.325 e. The van der Waals surface area contributed by atoms with E-state index in [1.165, 1.54) is 29.4 Å². The van der Waals surface area contributed by atoms with E-state index in [1.807, 2.05) is 0 Å². The summed E-state index contributed by atoms with van der Waals surface area (Å²) >= 11 is 2.92. The zero-order valence-corrected chi connectivity index (χ0v) is 18.7. The monoisotopic (exact) mass is 430 g/mol. The molecule has 0 saturated heterocycles. The number of hydrogen-bond donors (Lipinski definition) is 2. The SMILES string of the molecule is CC(=O)c1cccc(NC(=O)Nc2nnc(SC/C=C(\C)CCC=C(C)C)s2)c1. The molecular weight excluding hydrogens is 404 g/mol. The average Bonchev–Trinajstić information content (AvgIpc) is 3.08. The minimum atomic E-state index is -0.423. The molecule has 2 rings (SSSR count). The third-order valence-electron chi connectivity index (χ3n) is 3.88. The second kappa shape index (κ2) is 11.5. The van der Waals surface area contributed by atoms with Gasteiger partial charge in [-0.05, 0) is 52.7 Å². The molecule has 0 unspecified atom stereocenters. The number of urea groups is 1. The molecule has 0 bridgehead atoms. The van der Waals surface area contributed by atoms with Crippen LogP contribution in [0.4, 0.5) is 15.6 Å². The van der Waals surface area contributed by atoms with E-state index >= 15 is 0 Å². The first-order chi connectivity index (χ1) is 13.8. The van der Waals surface area contributed by atoms with Crippen molar-refractivity contribution in [1.29, 1.82) is 0 Å². The summed E-state index contributed by atoms with van der Waals surface area (Å²) in [6.07, 6.45) is 6.56. The Labute approximate surface area is 179 Å². The van der Waals surface area contributed by atoms with E-state index in [0.717, 1.165) is 22.9 Å². The number of hydrogen-bond acceptors (Lipinski definition) is 6. The first-order valence-corrected chi connectivity index (χ1v) is 11.1. The van der Waals surface area contributed by atoms with Gasteiger partial charge in [0.1, 0.15) is 0 Å². The lowest BCUT2D eigenvalue weighted by Crippen LogP contribution is -2.19. The molecule has 0 aliphatic heterocycles. The number of carbonyl (C=O) groups is 2. The van der Waals surface area contributed by atoms with Gasteiger partial charge < -0.3 is 5.32 Å². The lowest BCUT2D eigenvalue weighted by molar-refractivity contribution is 0.101. The fourth-order valence-corrected chi connectivity index (χ4v) is 4.10. The van der Waals surface area contributed by atoms with Gasteiger partial charge in [-0.25, -0.2) is 4.79 Å². The Kier molecular flexibility index (Phi) is 9.08. The van der Waals surface area contributed by atoms with Crippen molar-refractivity contribution >= 4 is 45.7 Å². The zero-order valence-electron chi connectivity index (χ0n) is 17.1. The Morgan fingerprint density at radius 3 is 2.62 bits per heavy atom. The minimum absolute atomic E-state index is 0.0546. The van der Waals surface area contributed by atoms with Gasteiger partial charge in [-0.2, -0.15) is 0 Å². The molecule has 0 radical (unpaired) electrons. The Morgan fingerprint density at radius 1 is 1.10 bits per heavy atom.